The summed E-state index contributed by atoms with van der Waals surface area (Å²) in [6, 6.07) is 11.8. The van der Waals surface area contributed by atoms with Crippen LogP contribution in [0.4, 0.5) is 0 Å². The number of ether oxygens (including phenoxy) is 1. The minimum absolute atomic E-state index is 0.149. The number of aromatic nitrogens is 2. The number of aryl methyl sites for hydroxylation is 1. The number of hydrogen-bond acceptors (Lipinski definition) is 7. The molecule has 2 heterocycles. The van der Waals surface area contributed by atoms with Crippen LogP contribution in [-0.2, 0) is 11.3 Å². The third-order valence-corrected chi connectivity index (χ3v) is 4.43. The standard InChI is InChI=1S/C20H15N3O5/c1-11-3-5-12(6-4-11)17-21-16(28-22-17)10-27-20(26)13-7-8-14-15(9-13)19(25)23(2)18(14)24/h3-9H,10H2,1-2H3. The molecule has 0 saturated carbocycles. The summed E-state index contributed by atoms with van der Waals surface area (Å²) in [6.07, 6.45) is 0. The fourth-order valence-corrected chi connectivity index (χ4v) is 2.83. The number of imide groups is 1. The van der Waals surface area contributed by atoms with Gasteiger partial charge in [-0.3, -0.25) is 14.5 Å². The van der Waals surface area contributed by atoms with Crippen molar-refractivity contribution in [2.45, 2.75) is 13.5 Å². The van der Waals surface area contributed by atoms with E-state index < -0.39 is 17.8 Å². The molecule has 4 rings (SSSR count). The highest BCUT2D eigenvalue weighted by atomic mass is 16.6. The zero-order chi connectivity index (χ0) is 19.8. The number of carbonyl (C=O) groups excluding carboxylic acids is 3. The van der Waals surface area contributed by atoms with Crippen LogP contribution in [0.15, 0.2) is 47.0 Å². The average molecular weight is 377 g/mol. The Bertz CT molecular complexity index is 1100. The van der Waals surface area contributed by atoms with Crippen molar-refractivity contribution in [2.24, 2.45) is 0 Å². The molecular formula is C20H15N3O5. The van der Waals surface area contributed by atoms with Crippen LogP contribution in [0.1, 0.15) is 42.5 Å². The Balaban J connectivity index is 1.45. The van der Waals surface area contributed by atoms with Crippen LogP contribution >= 0.6 is 0 Å². The van der Waals surface area contributed by atoms with Crippen LogP contribution in [0.5, 0.6) is 0 Å². The van der Waals surface area contributed by atoms with Crippen molar-refractivity contribution in [2.75, 3.05) is 7.05 Å². The van der Waals surface area contributed by atoms with Crippen molar-refractivity contribution < 1.29 is 23.6 Å². The first-order valence-corrected chi connectivity index (χ1v) is 8.47. The molecule has 28 heavy (non-hydrogen) atoms. The van der Waals surface area contributed by atoms with Gasteiger partial charge in [0.05, 0.1) is 16.7 Å². The van der Waals surface area contributed by atoms with Gasteiger partial charge < -0.3 is 9.26 Å². The average Bonchev–Trinajstić information content (AvgIpc) is 3.26. The molecule has 8 nitrogen and oxygen atoms in total. The first-order valence-electron chi connectivity index (χ1n) is 8.47. The highest BCUT2D eigenvalue weighted by molar-refractivity contribution is 6.21. The topological polar surface area (TPSA) is 103 Å². The van der Waals surface area contributed by atoms with E-state index in [-0.39, 0.29) is 29.2 Å². The van der Waals surface area contributed by atoms with Gasteiger partial charge in [0.15, 0.2) is 6.61 Å². The van der Waals surface area contributed by atoms with Crippen molar-refractivity contribution >= 4 is 17.8 Å². The van der Waals surface area contributed by atoms with Crippen molar-refractivity contribution in [3.63, 3.8) is 0 Å². The van der Waals surface area contributed by atoms with Gasteiger partial charge in [0.25, 0.3) is 17.7 Å². The van der Waals surface area contributed by atoms with E-state index in [0.29, 0.717) is 5.82 Å². The summed E-state index contributed by atoms with van der Waals surface area (Å²) in [6.45, 7) is 1.77. The highest BCUT2D eigenvalue weighted by Crippen LogP contribution is 2.23. The van der Waals surface area contributed by atoms with Crippen LogP contribution in [-0.4, -0.2) is 39.9 Å². The predicted octanol–water partition coefficient (Wildman–Crippen LogP) is 2.63. The molecule has 2 amide bonds. The summed E-state index contributed by atoms with van der Waals surface area (Å²) >= 11 is 0. The molecule has 1 aliphatic rings. The molecule has 0 N–H and O–H groups in total. The van der Waals surface area contributed by atoms with E-state index in [1.165, 1.54) is 25.2 Å². The molecule has 1 aliphatic heterocycles. The molecule has 2 aromatic carbocycles. The molecule has 3 aromatic rings. The summed E-state index contributed by atoms with van der Waals surface area (Å²) in [5, 5.41) is 3.88. The first-order chi connectivity index (χ1) is 13.4. The zero-order valence-electron chi connectivity index (χ0n) is 15.1. The molecule has 0 unspecified atom stereocenters. The lowest BCUT2D eigenvalue weighted by Crippen LogP contribution is -2.24. The van der Waals surface area contributed by atoms with Gasteiger partial charge in [-0.2, -0.15) is 4.98 Å². The van der Waals surface area contributed by atoms with E-state index in [4.69, 9.17) is 9.26 Å². The Morgan fingerprint density at radius 3 is 2.54 bits per heavy atom. The number of nitrogens with zero attached hydrogens (tertiary/aromatic N) is 3. The minimum Gasteiger partial charge on any atom is -0.452 e. The fraction of sp³-hybridized carbons (Fsp3) is 0.150. The van der Waals surface area contributed by atoms with Gasteiger partial charge in [-0.1, -0.05) is 35.0 Å². The van der Waals surface area contributed by atoms with Crippen LogP contribution in [0.3, 0.4) is 0 Å². The molecule has 8 heteroatoms. The molecular weight excluding hydrogens is 362 g/mol. The summed E-state index contributed by atoms with van der Waals surface area (Å²) in [4.78, 5) is 41.4. The largest absolute Gasteiger partial charge is 0.452 e. The molecule has 1 aromatic heterocycles. The second-order valence-electron chi connectivity index (χ2n) is 6.38. The summed E-state index contributed by atoms with van der Waals surface area (Å²) < 4.78 is 10.3. The molecule has 0 aliphatic carbocycles. The number of carbonyl (C=O) groups is 3. The lowest BCUT2D eigenvalue weighted by molar-refractivity contribution is 0.0429. The second-order valence-corrected chi connectivity index (χ2v) is 6.38. The third kappa shape index (κ3) is 3.05. The van der Waals surface area contributed by atoms with E-state index in [2.05, 4.69) is 10.1 Å². The van der Waals surface area contributed by atoms with E-state index in [1.54, 1.807) is 0 Å². The van der Waals surface area contributed by atoms with Crippen molar-refractivity contribution in [1.29, 1.82) is 0 Å². The van der Waals surface area contributed by atoms with Gasteiger partial charge in [-0.05, 0) is 25.1 Å². The number of fused-ring (bicyclic) bond motifs is 1. The van der Waals surface area contributed by atoms with E-state index >= 15 is 0 Å². The monoisotopic (exact) mass is 377 g/mol. The van der Waals surface area contributed by atoms with Gasteiger partial charge in [0.2, 0.25) is 5.82 Å². The van der Waals surface area contributed by atoms with Crippen molar-refractivity contribution in [3.8, 4) is 11.4 Å². The molecule has 140 valence electrons. The predicted molar refractivity (Wildman–Crippen MR) is 96.5 cm³/mol. The van der Waals surface area contributed by atoms with Gasteiger partial charge >= 0.3 is 5.97 Å². The van der Waals surface area contributed by atoms with E-state index in [1.807, 2.05) is 31.2 Å². The lowest BCUT2D eigenvalue weighted by Gasteiger charge is -2.03. The van der Waals surface area contributed by atoms with Gasteiger partial charge in [-0.15, -0.1) is 0 Å². The zero-order valence-corrected chi connectivity index (χ0v) is 15.1. The number of hydrogen-bond donors (Lipinski definition) is 0. The number of amides is 2. The maximum Gasteiger partial charge on any atom is 0.338 e. The van der Waals surface area contributed by atoms with Crippen LogP contribution in [0, 0.1) is 6.92 Å². The highest BCUT2D eigenvalue weighted by Gasteiger charge is 2.33. The normalized spacial score (nSPS) is 13.0. The first kappa shape index (κ1) is 17.6. The number of benzene rings is 2. The Morgan fingerprint density at radius 1 is 1.07 bits per heavy atom. The molecule has 0 atom stereocenters. The van der Waals surface area contributed by atoms with Gasteiger partial charge in [0, 0.05) is 12.6 Å². The summed E-state index contributed by atoms with van der Waals surface area (Å²) in [5.41, 5.74) is 2.51. The quantitative estimate of drug-likeness (QED) is 0.509. The van der Waals surface area contributed by atoms with E-state index in [9.17, 15) is 14.4 Å². The third-order valence-electron chi connectivity index (χ3n) is 4.43. The maximum atomic E-state index is 12.3. The van der Waals surface area contributed by atoms with Gasteiger partial charge in [0.1, 0.15) is 0 Å². The van der Waals surface area contributed by atoms with Crippen LogP contribution < -0.4 is 0 Å². The SMILES string of the molecule is Cc1ccc(-c2noc(COC(=O)c3ccc4c(c3)C(=O)N(C)C4=O)n2)cc1. The second kappa shape index (κ2) is 6.73. The minimum atomic E-state index is -0.660. The molecule has 0 fully saturated rings. The number of esters is 1. The van der Waals surface area contributed by atoms with Crippen molar-refractivity contribution in [1.82, 2.24) is 15.0 Å². The smallest absolute Gasteiger partial charge is 0.338 e. The molecule has 0 saturated heterocycles. The molecule has 0 radical (unpaired) electrons. The summed E-state index contributed by atoms with van der Waals surface area (Å²) in [7, 11) is 1.39. The molecule has 0 bridgehead atoms. The van der Waals surface area contributed by atoms with E-state index in [0.717, 1.165) is 16.0 Å². The summed E-state index contributed by atoms with van der Waals surface area (Å²) in [5.74, 6) is -0.955. The molecule has 0 spiro atoms. The van der Waals surface area contributed by atoms with Crippen LogP contribution in [0.2, 0.25) is 0 Å². The Labute approximate surface area is 159 Å². The maximum absolute atomic E-state index is 12.3. The Hall–Kier alpha value is -3.81. The van der Waals surface area contributed by atoms with Crippen LogP contribution in [0.25, 0.3) is 11.4 Å². The lowest BCUT2D eigenvalue weighted by atomic mass is 10.1. The Kier molecular flexibility index (Phi) is 4.23. The Morgan fingerprint density at radius 2 is 1.79 bits per heavy atom. The van der Waals surface area contributed by atoms with Gasteiger partial charge in [-0.25, -0.2) is 4.79 Å². The fourth-order valence-electron chi connectivity index (χ4n) is 2.83. The number of rotatable bonds is 4. The van der Waals surface area contributed by atoms with Crippen molar-refractivity contribution in [3.05, 3.63) is 70.6 Å².